The SMILES string of the molecule is CCC(Oc1cccc(C)c1C)C(=O)NCCCN1CCCCCC1. The van der Waals surface area contributed by atoms with Crippen molar-refractivity contribution in [1.29, 1.82) is 0 Å². The molecule has 1 N–H and O–H groups in total. The number of aryl methyl sites for hydroxylation is 1. The van der Waals surface area contributed by atoms with Crippen LogP contribution in [-0.4, -0.2) is 43.1 Å². The largest absolute Gasteiger partial charge is 0.480 e. The van der Waals surface area contributed by atoms with E-state index in [1.807, 2.05) is 26.0 Å². The van der Waals surface area contributed by atoms with E-state index in [1.54, 1.807) is 0 Å². The zero-order valence-electron chi connectivity index (χ0n) is 16.1. The fourth-order valence-corrected chi connectivity index (χ4v) is 3.32. The van der Waals surface area contributed by atoms with Crippen molar-refractivity contribution < 1.29 is 9.53 Å². The molecule has 4 heteroatoms. The van der Waals surface area contributed by atoms with Crippen LogP contribution in [0.25, 0.3) is 0 Å². The topological polar surface area (TPSA) is 41.6 Å². The predicted octanol–water partition coefficient (Wildman–Crippen LogP) is 3.84. The fourth-order valence-electron chi connectivity index (χ4n) is 3.32. The third-order valence-corrected chi connectivity index (χ3v) is 5.14. The molecule has 1 fully saturated rings. The predicted molar refractivity (Wildman–Crippen MR) is 103 cm³/mol. The molecular formula is C21H34N2O2. The molecule has 1 aliphatic rings. The molecule has 0 aromatic heterocycles. The Morgan fingerprint density at radius 3 is 2.60 bits per heavy atom. The van der Waals surface area contributed by atoms with E-state index in [1.165, 1.54) is 44.3 Å². The van der Waals surface area contributed by atoms with Gasteiger partial charge in [0.15, 0.2) is 6.10 Å². The summed E-state index contributed by atoms with van der Waals surface area (Å²) in [6.07, 6.45) is 6.61. The van der Waals surface area contributed by atoms with Gasteiger partial charge in [-0.3, -0.25) is 4.79 Å². The monoisotopic (exact) mass is 346 g/mol. The number of hydrogen-bond acceptors (Lipinski definition) is 3. The first kappa shape index (κ1) is 19.8. The van der Waals surface area contributed by atoms with Crippen LogP contribution in [0.2, 0.25) is 0 Å². The molecule has 140 valence electrons. The van der Waals surface area contributed by atoms with Gasteiger partial charge in [0, 0.05) is 6.54 Å². The van der Waals surface area contributed by atoms with Crippen molar-refractivity contribution in [2.45, 2.75) is 65.4 Å². The van der Waals surface area contributed by atoms with Crippen LogP contribution in [0.3, 0.4) is 0 Å². The number of hydrogen-bond donors (Lipinski definition) is 1. The Labute approximate surface area is 152 Å². The molecule has 1 aliphatic heterocycles. The van der Waals surface area contributed by atoms with Gasteiger partial charge in [0.2, 0.25) is 0 Å². The zero-order valence-corrected chi connectivity index (χ0v) is 16.1. The maximum atomic E-state index is 12.4. The number of carbonyl (C=O) groups is 1. The molecule has 1 heterocycles. The van der Waals surface area contributed by atoms with E-state index >= 15 is 0 Å². The molecular weight excluding hydrogens is 312 g/mol. The van der Waals surface area contributed by atoms with E-state index in [4.69, 9.17) is 4.74 Å². The molecule has 0 radical (unpaired) electrons. The summed E-state index contributed by atoms with van der Waals surface area (Å²) in [5, 5.41) is 3.05. The summed E-state index contributed by atoms with van der Waals surface area (Å²) in [6, 6.07) is 5.98. The molecule has 4 nitrogen and oxygen atoms in total. The standard InChI is InChI=1S/C21H34N2O2/c1-4-19(25-20-12-9-11-17(2)18(20)3)21(24)22-13-10-16-23-14-7-5-6-8-15-23/h9,11-12,19H,4-8,10,13-16H2,1-3H3,(H,22,24). The summed E-state index contributed by atoms with van der Waals surface area (Å²) in [5.41, 5.74) is 2.29. The van der Waals surface area contributed by atoms with Crippen LogP contribution < -0.4 is 10.1 Å². The Bertz CT molecular complexity index is 537. The number of benzene rings is 1. The van der Waals surface area contributed by atoms with Gasteiger partial charge < -0.3 is 15.0 Å². The van der Waals surface area contributed by atoms with Crippen LogP contribution in [-0.2, 0) is 4.79 Å². The second kappa shape index (κ2) is 10.4. The minimum Gasteiger partial charge on any atom is -0.480 e. The van der Waals surface area contributed by atoms with Gasteiger partial charge in [0.05, 0.1) is 0 Å². The number of likely N-dealkylation sites (tertiary alicyclic amines) is 1. The van der Waals surface area contributed by atoms with Crippen LogP contribution >= 0.6 is 0 Å². The van der Waals surface area contributed by atoms with E-state index in [2.05, 4.69) is 23.2 Å². The van der Waals surface area contributed by atoms with Crippen molar-refractivity contribution in [3.8, 4) is 5.75 Å². The average Bonchev–Trinajstić information content (AvgIpc) is 2.88. The van der Waals surface area contributed by atoms with Crippen LogP contribution in [0.1, 0.15) is 56.6 Å². The van der Waals surface area contributed by atoms with Gasteiger partial charge in [-0.25, -0.2) is 0 Å². The molecule has 1 aromatic carbocycles. The lowest BCUT2D eigenvalue weighted by Gasteiger charge is -2.21. The molecule has 1 aromatic rings. The van der Waals surface area contributed by atoms with Crippen LogP contribution in [0, 0.1) is 13.8 Å². The van der Waals surface area contributed by atoms with Gasteiger partial charge in [-0.15, -0.1) is 0 Å². The minimum atomic E-state index is -0.418. The Balaban J connectivity index is 1.74. The van der Waals surface area contributed by atoms with Crippen LogP contribution in [0.15, 0.2) is 18.2 Å². The number of rotatable bonds is 8. The second-order valence-electron chi connectivity index (χ2n) is 7.11. The Morgan fingerprint density at radius 1 is 1.20 bits per heavy atom. The molecule has 2 rings (SSSR count). The zero-order chi connectivity index (χ0) is 18.1. The fraction of sp³-hybridized carbons (Fsp3) is 0.667. The molecule has 0 saturated carbocycles. The summed E-state index contributed by atoms with van der Waals surface area (Å²) < 4.78 is 5.98. The maximum absolute atomic E-state index is 12.4. The highest BCUT2D eigenvalue weighted by atomic mass is 16.5. The van der Waals surface area contributed by atoms with Crippen molar-refractivity contribution in [3.05, 3.63) is 29.3 Å². The van der Waals surface area contributed by atoms with Gasteiger partial charge in [-0.05, 0) is 76.4 Å². The van der Waals surface area contributed by atoms with Gasteiger partial charge >= 0.3 is 0 Å². The van der Waals surface area contributed by atoms with E-state index in [0.717, 1.165) is 30.8 Å². The van der Waals surface area contributed by atoms with Crippen molar-refractivity contribution in [3.63, 3.8) is 0 Å². The number of carbonyl (C=O) groups excluding carboxylic acids is 1. The van der Waals surface area contributed by atoms with Crippen molar-refractivity contribution in [1.82, 2.24) is 10.2 Å². The van der Waals surface area contributed by atoms with E-state index in [9.17, 15) is 4.79 Å². The van der Waals surface area contributed by atoms with Crippen molar-refractivity contribution in [2.24, 2.45) is 0 Å². The first-order chi connectivity index (χ1) is 12.1. The molecule has 1 unspecified atom stereocenters. The average molecular weight is 347 g/mol. The lowest BCUT2D eigenvalue weighted by Crippen LogP contribution is -2.39. The molecule has 1 atom stereocenters. The summed E-state index contributed by atoms with van der Waals surface area (Å²) in [4.78, 5) is 15.0. The summed E-state index contributed by atoms with van der Waals surface area (Å²) >= 11 is 0. The lowest BCUT2D eigenvalue weighted by atomic mass is 10.1. The normalized spacial score (nSPS) is 16.9. The first-order valence-corrected chi connectivity index (χ1v) is 9.84. The quantitative estimate of drug-likeness (QED) is 0.727. The van der Waals surface area contributed by atoms with Gasteiger partial charge in [-0.2, -0.15) is 0 Å². The van der Waals surface area contributed by atoms with E-state index < -0.39 is 6.10 Å². The molecule has 1 amide bonds. The van der Waals surface area contributed by atoms with Crippen LogP contribution in [0.5, 0.6) is 5.75 Å². The highest BCUT2D eigenvalue weighted by molar-refractivity contribution is 5.81. The smallest absolute Gasteiger partial charge is 0.261 e. The van der Waals surface area contributed by atoms with Crippen LogP contribution in [0.4, 0.5) is 0 Å². The van der Waals surface area contributed by atoms with Gasteiger partial charge in [-0.1, -0.05) is 31.9 Å². The molecule has 25 heavy (non-hydrogen) atoms. The van der Waals surface area contributed by atoms with E-state index in [-0.39, 0.29) is 5.91 Å². The van der Waals surface area contributed by atoms with Crippen molar-refractivity contribution >= 4 is 5.91 Å². The second-order valence-corrected chi connectivity index (χ2v) is 7.11. The summed E-state index contributed by atoms with van der Waals surface area (Å²) in [7, 11) is 0. The highest BCUT2D eigenvalue weighted by Crippen LogP contribution is 2.22. The number of nitrogens with zero attached hydrogens (tertiary/aromatic N) is 1. The summed E-state index contributed by atoms with van der Waals surface area (Å²) in [5.74, 6) is 0.811. The molecule has 0 bridgehead atoms. The maximum Gasteiger partial charge on any atom is 0.261 e. The van der Waals surface area contributed by atoms with Gasteiger partial charge in [0.1, 0.15) is 5.75 Å². The third-order valence-electron chi connectivity index (χ3n) is 5.14. The lowest BCUT2D eigenvalue weighted by molar-refractivity contribution is -0.128. The Kier molecular flexibility index (Phi) is 8.26. The molecule has 1 saturated heterocycles. The Morgan fingerprint density at radius 2 is 1.92 bits per heavy atom. The highest BCUT2D eigenvalue weighted by Gasteiger charge is 2.19. The number of ether oxygens (including phenoxy) is 1. The number of amides is 1. The minimum absolute atomic E-state index is 0.000674. The van der Waals surface area contributed by atoms with Gasteiger partial charge in [0.25, 0.3) is 5.91 Å². The molecule has 0 spiro atoms. The van der Waals surface area contributed by atoms with Crippen molar-refractivity contribution in [2.75, 3.05) is 26.2 Å². The van der Waals surface area contributed by atoms with E-state index in [0.29, 0.717) is 6.42 Å². The molecule has 0 aliphatic carbocycles. The Hall–Kier alpha value is -1.55. The first-order valence-electron chi connectivity index (χ1n) is 9.84. The third kappa shape index (κ3) is 6.35. The summed E-state index contributed by atoms with van der Waals surface area (Å²) in [6.45, 7) is 10.3. The number of nitrogens with one attached hydrogen (secondary N) is 1.